The molecule has 0 saturated carbocycles. The van der Waals surface area contributed by atoms with Gasteiger partial charge >= 0.3 is 0 Å². The highest BCUT2D eigenvalue weighted by molar-refractivity contribution is 5.93. The van der Waals surface area contributed by atoms with E-state index in [-0.39, 0.29) is 5.91 Å². The van der Waals surface area contributed by atoms with Gasteiger partial charge in [-0.1, -0.05) is 25.1 Å². The number of nitrogens with one attached hydrogen (secondary N) is 1. The van der Waals surface area contributed by atoms with Crippen molar-refractivity contribution in [2.75, 3.05) is 18.4 Å². The number of nitrogens with zero attached hydrogens (tertiary/aromatic N) is 3. The second-order valence-electron chi connectivity index (χ2n) is 5.78. The SMILES string of the molecule is CCc1ccccc1Nc1ncc(C(=O)N2CCCCC2)cn1. The van der Waals surface area contributed by atoms with E-state index in [0.29, 0.717) is 11.5 Å². The molecule has 2 heterocycles. The van der Waals surface area contributed by atoms with Crippen molar-refractivity contribution in [3.63, 3.8) is 0 Å². The van der Waals surface area contributed by atoms with Crippen LogP contribution in [0.25, 0.3) is 0 Å². The van der Waals surface area contributed by atoms with Crippen LogP contribution in [0, 0.1) is 0 Å². The molecule has 1 N–H and O–H groups in total. The number of aromatic nitrogens is 2. The van der Waals surface area contributed by atoms with E-state index in [1.165, 1.54) is 12.0 Å². The number of aryl methyl sites for hydroxylation is 1. The Kier molecular flexibility index (Phi) is 4.86. The number of rotatable bonds is 4. The Bertz CT molecular complexity index is 663. The van der Waals surface area contributed by atoms with E-state index in [1.54, 1.807) is 12.4 Å². The molecule has 3 rings (SSSR count). The largest absolute Gasteiger partial charge is 0.339 e. The fourth-order valence-corrected chi connectivity index (χ4v) is 2.85. The number of amides is 1. The number of piperidine rings is 1. The highest BCUT2D eigenvalue weighted by Crippen LogP contribution is 2.19. The number of carbonyl (C=O) groups is 1. The van der Waals surface area contributed by atoms with Crippen molar-refractivity contribution in [1.82, 2.24) is 14.9 Å². The first-order valence-corrected chi connectivity index (χ1v) is 8.24. The van der Waals surface area contributed by atoms with Crippen molar-refractivity contribution in [1.29, 1.82) is 0 Å². The van der Waals surface area contributed by atoms with Gasteiger partial charge in [0.25, 0.3) is 5.91 Å². The van der Waals surface area contributed by atoms with Crippen LogP contribution in [0.15, 0.2) is 36.7 Å². The van der Waals surface area contributed by atoms with Crippen molar-refractivity contribution < 1.29 is 4.79 Å². The number of hydrogen-bond donors (Lipinski definition) is 1. The second kappa shape index (κ2) is 7.22. The molecule has 5 nitrogen and oxygen atoms in total. The maximum Gasteiger partial charge on any atom is 0.256 e. The summed E-state index contributed by atoms with van der Waals surface area (Å²) < 4.78 is 0. The van der Waals surface area contributed by atoms with Gasteiger partial charge < -0.3 is 10.2 Å². The molecule has 0 atom stereocenters. The fraction of sp³-hybridized carbons (Fsp3) is 0.389. The van der Waals surface area contributed by atoms with Gasteiger partial charge in [-0.05, 0) is 37.3 Å². The fourth-order valence-electron chi connectivity index (χ4n) is 2.85. The van der Waals surface area contributed by atoms with E-state index in [2.05, 4.69) is 28.3 Å². The van der Waals surface area contributed by atoms with Crippen molar-refractivity contribution in [3.05, 3.63) is 47.8 Å². The third kappa shape index (κ3) is 3.67. The van der Waals surface area contributed by atoms with Crippen LogP contribution in [0.4, 0.5) is 11.6 Å². The van der Waals surface area contributed by atoms with Gasteiger partial charge in [0.2, 0.25) is 5.95 Å². The molecule has 0 spiro atoms. The van der Waals surface area contributed by atoms with Gasteiger partial charge in [0, 0.05) is 31.2 Å². The minimum atomic E-state index is 0.0326. The summed E-state index contributed by atoms with van der Waals surface area (Å²) in [7, 11) is 0. The smallest absolute Gasteiger partial charge is 0.256 e. The Morgan fingerprint density at radius 2 is 1.83 bits per heavy atom. The molecule has 5 heteroatoms. The van der Waals surface area contributed by atoms with E-state index in [4.69, 9.17) is 0 Å². The molecule has 120 valence electrons. The maximum absolute atomic E-state index is 12.4. The Balaban J connectivity index is 1.70. The summed E-state index contributed by atoms with van der Waals surface area (Å²) in [6, 6.07) is 8.09. The van der Waals surface area contributed by atoms with Crippen molar-refractivity contribution >= 4 is 17.5 Å². The van der Waals surface area contributed by atoms with Crippen LogP contribution in [0.5, 0.6) is 0 Å². The highest BCUT2D eigenvalue weighted by Gasteiger charge is 2.18. The molecule has 1 fully saturated rings. The molecular weight excluding hydrogens is 288 g/mol. The van der Waals surface area contributed by atoms with Crippen molar-refractivity contribution in [2.24, 2.45) is 0 Å². The minimum Gasteiger partial charge on any atom is -0.339 e. The molecule has 1 aliphatic rings. The molecule has 1 amide bonds. The third-order valence-electron chi connectivity index (χ3n) is 4.19. The predicted molar refractivity (Wildman–Crippen MR) is 90.9 cm³/mol. The van der Waals surface area contributed by atoms with E-state index in [1.807, 2.05) is 23.1 Å². The monoisotopic (exact) mass is 310 g/mol. The molecule has 0 bridgehead atoms. The highest BCUT2D eigenvalue weighted by atomic mass is 16.2. The lowest BCUT2D eigenvalue weighted by atomic mass is 10.1. The lowest BCUT2D eigenvalue weighted by Crippen LogP contribution is -2.35. The standard InChI is InChI=1S/C18H22N4O/c1-2-14-8-4-5-9-16(14)21-18-19-12-15(13-20-18)17(23)22-10-6-3-7-11-22/h4-5,8-9,12-13H,2-3,6-7,10-11H2,1H3,(H,19,20,21). The molecule has 23 heavy (non-hydrogen) atoms. The number of anilines is 2. The maximum atomic E-state index is 12.4. The van der Waals surface area contributed by atoms with Crippen LogP contribution < -0.4 is 5.32 Å². The normalized spacial score (nSPS) is 14.6. The van der Waals surface area contributed by atoms with Gasteiger partial charge in [-0.2, -0.15) is 0 Å². The van der Waals surface area contributed by atoms with Crippen LogP contribution in [0.1, 0.15) is 42.1 Å². The summed E-state index contributed by atoms with van der Waals surface area (Å²) in [5.74, 6) is 0.548. The van der Waals surface area contributed by atoms with Gasteiger partial charge in [-0.25, -0.2) is 9.97 Å². The van der Waals surface area contributed by atoms with Gasteiger partial charge in [0.1, 0.15) is 0 Å². The average Bonchev–Trinajstić information content (AvgIpc) is 2.63. The number of hydrogen-bond acceptors (Lipinski definition) is 4. The van der Waals surface area contributed by atoms with Gasteiger partial charge in [-0.3, -0.25) is 4.79 Å². The zero-order valence-corrected chi connectivity index (χ0v) is 13.5. The van der Waals surface area contributed by atoms with E-state index in [0.717, 1.165) is 38.0 Å². The number of benzene rings is 1. The topological polar surface area (TPSA) is 58.1 Å². The molecule has 0 aliphatic carbocycles. The van der Waals surface area contributed by atoms with Crippen LogP contribution in [-0.4, -0.2) is 33.9 Å². The Hall–Kier alpha value is -2.43. The molecule has 1 saturated heterocycles. The second-order valence-corrected chi connectivity index (χ2v) is 5.78. The summed E-state index contributed by atoms with van der Waals surface area (Å²) in [5.41, 5.74) is 2.77. The van der Waals surface area contributed by atoms with E-state index in [9.17, 15) is 4.79 Å². The molecule has 0 radical (unpaired) electrons. The lowest BCUT2D eigenvalue weighted by Gasteiger charge is -2.26. The first-order valence-electron chi connectivity index (χ1n) is 8.24. The first-order chi connectivity index (χ1) is 11.3. The molecular formula is C18H22N4O. The minimum absolute atomic E-state index is 0.0326. The molecule has 1 aromatic heterocycles. The van der Waals surface area contributed by atoms with E-state index < -0.39 is 0 Å². The van der Waals surface area contributed by atoms with Crippen molar-refractivity contribution in [3.8, 4) is 0 Å². The Labute approximate surface area is 136 Å². The number of para-hydroxylation sites is 1. The quantitative estimate of drug-likeness (QED) is 0.940. The predicted octanol–water partition coefficient (Wildman–Crippen LogP) is 3.41. The van der Waals surface area contributed by atoms with Crippen LogP contribution in [-0.2, 0) is 6.42 Å². The molecule has 1 aliphatic heterocycles. The molecule has 2 aromatic rings. The summed E-state index contributed by atoms with van der Waals surface area (Å²) in [5, 5.41) is 3.22. The summed E-state index contributed by atoms with van der Waals surface area (Å²) in [4.78, 5) is 22.9. The summed E-state index contributed by atoms with van der Waals surface area (Å²) in [6.45, 7) is 3.78. The lowest BCUT2D eigenvalue weighted by molar-refractivity contribution is 0.0723. The first kappa shape index (κ1) is 15.5. The zero-order valence-electron chi connectivity index (χ0n) is 13.5. The third-order valence-corrected chi connectivity index (χ3v) is 4.19. The number of carbonyl (C=O) groups excluding carboxylic acids is 1. The van der Waals surface area contributed by atoms with Crippen LogP contribution in [0.3, 0.4) is 0 Å². The Morgan fingerprint density at radius 3 is 2.52 bits per heavy atom. The van der Waals surface area contributed by atoms with Gasteiger partial charge in [0.15, 0.2) is 0 Å². The molecule has 1 aromatic carbocycles. The summed E-state index contributed by atoms with van der Waals surface area (Å²) in [6.07, 6.45) is 7.54. The zero-order chi connectivity index (χ0) is 16.1. The van der Waals surface area contributed by atoms with Gasteiger partial charge in [0.05, 0.1) is 5.56 Å². The van der Waals surface area contributed by atoms with E-state index >= 15 is 0 Å². The Morgan fingerprint density at radius 1 is 1.13 bits per heavy atom. The average molecular weight is 310 g/mol. The van der Waals surface area contributed by atoms with Crippen LogP contribution >= 0.6 is 0 Å². The molecule has 0 unspecified atom stereocenters. The van der Waals surface area contributed by atoms with Gasteiger partial charge in [-0.15, -0.1) is 0 Å². The van der Waals surface area contributed by atoms with Crippen LogP contribution in [0.2, 0.25) is 0 Å². The van der Waals surface area contributed by atoms with Crippen molar-refractivity contribution in [2.45, 2.75) is 32.6 Å². The summed E-state index contributed by atoms with van der Waals surface area (Å²) >= 11 is 0. The number of likely N-dealkylation sites (tertiary alicyclic amines) is 1.